The molecule has 1 aromatic carbocycles. The van der Waals surface area contributed by atoms with Gasteiger partial charge in [-0.2, -0.15) is 4.98 Å². The lowest BCUT2D eigenvalue weighted by atomic mass is 10.1. The Morgan fingerprint density at radius 2 is 1.91 bits per heavy atom. The molecule has 0 amide bonds. The maximum absolute atomic E-state index is 11.5. The Labute approximate surface area is 137 Å². The number of nitrogens with zero attached hydrogens (tertiary/aromatic N) is 3. The molecular weight excluding hydrogens is 314 g/mol. The van der Waals surface area contributed by atoms with Crippen molar-refractivity contribution in [1.29, 1.82) is 0 Å². The number of sulfone groups is 1. The minimum absolute atomic E-state index is 0.102. The van der Waals surface area contributed by atoms with Crippen LogP contribution in [0.5, 0.6) is 0 Å². The van der Waals surface area contributed by atoms with Crippen LogP contribution in [0.25, 0.3) is 0 Å². The number of benzene rings is 1. The molecular formula is C16H23N3O3S. The number of hydrogen-bond acceptors (Lipinski definition) is 6. The highest BCUT2D eigenvalue weighted by Gasteiger charge is 2.16. The van der Waals surface area contributed by atoms with Gasteiger partial charge >= 0.3 is 0 Å². The Balaban J connectivity index is 2.05. The standard InChI is InChI=1S/C16H23N3O3S/c1-5-6-15-17-16(22-18-15)11-19(3)12(2)13-7-9-14(10-8-13)23(4,20)21/h7-10,12H,5-6,11H2,1-4H3. The minimum atomic E-state index is -3.16. The van der Waals surface area contributed by atoms with Crippen LogP contribution in [0.4, 0.5) is 0 Å². The second-order valence-corrected chi connectivity index (χ2v) is 7.80. The molecule has 0 saturated heterocycles. The van der Waals surface area contributed by atoms with E-state index >= 15 is 0 Å². The fraction of sp³-hybridized carbons (Fsp3) is 0.500. The first-order chi connectivity index (χ1) is 10.8. The summed E-state index contributed by atoms with van der Waals surface area (Å²) in [5.74, 6) is 1.33. The molecule has 7 heteroatoms. The van der Waals surface area contributed by atoms with Gasteiger partial charge in [-0.05, 0) is 38.1 Å². The third kappa shape index (κ3) is 4.62. The van der Waals surface area contributed by atoms with Gasteiger partial charge in [0.1, 0.15) is 0 Å². The van der Waals surface area contributed by atoms with E-state index in [0.717, 1.165) is 24.2 Å². The van der Waals surface area contributed by atoms with E-state index < -0.39 is 9.84 Å². The van der Waals surface area contributed by atoms with Crippen molar-refractivity contribution in [3.05, 3.63) is 41.5 Å². The maximum Gasteiger partial charge on any atom is 0.240 e. The van der Waals surface area contributed by atoms with Gasteiger partial charge in [0.25, 0.3) is 0 Å². The maximum atomic E-state index is 11.5. The third-order valence-electron chi connectivity index (χ3n) is 3.82. The van der Waals surface area contributed by atoms with Crippen molar-refractivity contribution in [2.75, 3.05) is 13.3 Å². The summed E-state index contributed by atoms with van der Waals surface area (Å²) >= 11 is 0. The first kappa shape index (κ1) is 17.6. The van der Waals surface area contributed by atoms with Crippen LogP contribution in [0.2, 0.25) is 0 Å². The average Bonchev–Trinajstić information content (AvgIpc) is 2.93. The molecule has 1 heterocycles. The molecule has 23 heavy (non-hydrogen) atoms. The van der Waals surface area contributed by atoms with Gasteiger partial charge in [-0.3, -0.25) is 4.90 Å². The first-order valence-electron chi connectivity index (χ1n) is 7.63. The number of hydrogen-bond donors (Lipinski definition) is 0. The smallest absolute Gasteiger partial charge is 0.240 e. The van der Waals surface area contributed by atoms with Crippen LogP contribution in [-0.2, 0) is 22.8 Å². The van der Waals surface area contributed by atoms with Crippen LogP contribution >= 0.6 is 0 Å². The predicted octanol–water partition coefficient (Wildman–Crippen LogP) is 2.62. The van der Waals surface area contributed by atoms with Crippen LogP contribution in [-0.4, -0.2) is 36.8 Å². The van der Waals surface area contributed by atoms with Gasteiger partial charge in [-0.15, -0.1) is 0 Å². The third-order valence-corrected chi connectivity index (χ3v) is 4.95. The van der Waals surface area contributed by atoms with E-state index in [1.54, 1.807) is 12.1 Å². The van der Waals surface area contributed by atoms with Crippen LogP contribution in [0.15, 0.2) is 33.7 Å². The van der Waals surface area contributed by atoms with Gasteiger partial charge in [0.2, 0.25) is 5.89 Å². The Bertz CT molecular complexity index is 738. The molecule has 6 nitrogen and oxygen atoms in total. The Kier molecular flexibility index (Phi) is 5.54. The summed E-state index contributed by atoms with van der Waals surface area (Å²) in [4.78, 5) is 6.78. The van der Waals surface area contributed by atoms with Crippen molar-refractivity contribution < 1.29 is 12.9 Å². The van der Waals surface area contributed by atoms with Crippen LogP contribution in [0.3, 0.4) is 0 Å². The van der Waals surface area contributed by atoms with Crippen molar-refractivity contribution >= 4 is 9.84 Å². The summed E-state index contributed by atoms with van der Waals surface area (Å²) in [7, 11) is -1.19. The first-order valence-corrected chi connectivity index (χ1v) is 9.52. The van der Waals surface area contributed by atoms with Gasteiger partial charge in [0.15, 0.2) is 15.7 Å². The normalized spacial score (nSPS) is 13.4. The fourth-order valence-electron chi connectivity index (χ4n) is 2.28. The zero-order valence-electron chi connectivity index (χ0n) is 14.0. The van der Waals surface area contributed by atoms with E-state index in [2.05, 4.69) is 28.9 Å². The summed E-state index contributed by atoms with van der Waals surface area (Å²) in [6, 6.07) is 7.06. The van der Waals surface area contributed by atoms with E-state index in [4.69, 9.17) is 4.52 Å². The number of rotatable bonds is 7. The van der Waals surface area contributed by atoms with Crippen LogP contribution < -0.4 is 0 Å². The topological polar surface area (TPSA) is 76.3 Å². The second kappa shape index (κ2) is 7.23. The molecule has 0 fully saturated rings. The lowest BCUT2D eigenvalue weighted by Crippen LogP contribution is -2.22. The van der Waals surface area contributed by atoms with Crippen LogP contribution in [0, 0.1) is 0 Å². The molecule has 1 atom stereocenters. The quantitative estimate of drug-likeness (QED) is 0.773. The molecule has 2 aromatic rings. The molecule has 0 N–H and O–H groups in total. The molecule has 1 unspecified atom stereocenters. The largest absolute Gasteiger partial charge is 0.338 e. The average molecular weight is 337 g/mol. The summed E-state index contributed by atoms with van der Waals surface area (Å²) < 4.78 is 28.3. The molecule has 2 rings (SSSR count). The van der Waals surface area contributed by atoms with Gasteiger partial charge in [0, 0.05) is 18.7 Å². The van der Waals surface area contributed by atoms with Crippen molar-refractivity contribution in [3.8, 4) is 0 Å². The van der Waals surface area contributed by atoms with E-state index in [1.165, 1.54) is 6.26 Å². The molecule has 0 aliphatic carbocycles. The van der Waals surface area contributed by atoms with Crippen molar-refractivity contribution in [1.82, 2.24) is 15.0 Å². The summed E-state index contributed by atoms with van der Waals surface area (Å²) in [5.41, 5.74) is 1.04. The van der Waals surface area contributed by atoms with Crippen molar-refractivity contribution in [3.63, 3.8) is 0 Å². The van der Waals surface area contributed by atoms with E-state index in [0.29, 0.717) is 17.3 Å². The zero-order valence-corrected chi connectivity index (χ0v) is 14.8. The van der Waals surface area contributed by atoms with E-state index in [9.17, 15) is 8.42 Å². The van der Waals surface area contributed by atoms with Gasteiger partial charge in [0.05, 0.1) is 11.4 Å². The molecule has 0 radical (unpaired) electrons. The highest BCUT2D eigenvalue weighted by Crippen LogP contribution is 2.22. The molecule has 0 aliphatic rings. The fourth-order valence-corrected chi connectivity index (χ4v) is 2.91. The van der Waals surface area contributed by atoms with Crippen molar-refractivity contribution in [2.45, 2.75) is 44.2 Å². The predicted molar refractivity (Wildman–Crippen MR) is 87.7 cm³/mol. The molecule has 126 valence electrons. The SMILES string of the molecule is CCCc1noc(CN(C)C(C)c2ccc(S(C)(=O)=O)cc2)n1. The number of aromatic nitrogens is 2. The second-order valence-electron chi connectivity index (χ2n) is 5.79. The lowest BCUT2D eigenvalue weighted by Gasteiger charge is -2.23. The molecule has 0 bridgehead atoms. The molecule has 0 saturated carbocycles. The minimum Gasteiger partial charge on any atom is -0.338 e. The summed E-state index contributed by atoms with van der Waals surface area (Å²) in [6.07, 6.45) is 3.01. The Morgan fingerprint density at radius 1 is 1.26 bits per heavy atom. The molecule has 0 spiro atoms. The van der Waals surface area contributed by atoms with E-state index in [1.807, 2.05) is 19.2 Å². The Morgan fingerprint density at radius 3 is 2.48 bits per heavy atom. The Hall–Kier alpha value is -1.73. The van der Waals surface area contributed by atoms with Crippen molar-refractivity contribution in [2.24, 2.45) is 0 Å². The summed E-state index contributed by atoms with van der Waals surface area (Å²) in [5, 5.41) is 3.95. The highest BCUT2D eigenvalue weighted by atomic mass is 32.2. The van der Waals surface area contributed by atoms with Gasteiger partial charge in [-0.1, -0.05) is 24.2 Å². The number of aryl methyl sites for hydroxylation is 1. The van der Waals surface area contributed by atoms with Gasteiger partial charge < -0.3 is 4.52 Å². The molecule has 1 aromatic heterocycles. The zero-order chi connectivity index (χ0) is 17.0. The van der Waals surface area contributed by atoms with Gasteiger partial charge in [-0.25, -0.2) is 8.42 Å². The lowest BCUT2D eigenvalue weighted by molar-refractivity contribution is 0.216. The van der Waals surface area contributed by atoms with Crippen LogP contribution in [0.1, 0.15) is 43.6 Å². The summed E-state index contributed by atoms with van der Waals surface area (Å²) in [6.45, 7) is 4.68. The highest BCUT2D eigenvalue weighted by molar-refractivity contribution is 7.90. The molecule has 0 aliphatic heterocycles. The van der Waals surface area contributed by atoms with E-state index in [-0.39, 0.29) is 6.04 Å². The monoisotopic (exact) mass is 337 g/mol.